The number of rotatable bonds is 7. The minimum atomic E-state index is -0.176. The third-order valence-electron chi connectivity index (χ3n) is 5.62. The van der Waals surface area contributed by atoms with Crippen LogP contribution in [0.25, 0.3) is 21.3 Å². The summed E-state index contributed by atoms with van der Waals surface area (Å²) in [6.45, 7) is 4.23. The van der Waals surface area contributed by atoms with Crippen LogP contribution in [-0.2, 0) is 16.1 Å². The second kappa shape index (κ2) is 9.43. The Morgan fingerprint density at radius 1 is 1.13 bits per heavy atom. The second-order valence-electron chi connectivity index (χ2n) is 7.88. The van der Waals surface area contributed by atoms with Crippen LogP contribution in [0.15, 0.2) is 40.8 Å². The van der Waals surface area contributed by atoms with Crippen LogP contribution < -0.4 is 10.9 Å². The molecule has 1 aliphatic rings. The molecule has 0 aliphatic carbocycles. The zero-order valence-electron chi connectivity index (χ0n) is 17.6. The molecule has 1 N–H and O–H groups in total. The molecule has 3 aromatic rings. The molecule has 162 valence electrons. The third-order valence-corrected chi connectivity index (χ3v) is 6.51. The van der Waals surface area contributed by atoms with Gasteiger partial charge >= 0.3 is 0 Å². The number of carbonyl (C=O) groups is 2. The van der Waals surface area contributed by atoms with Gasteiger partial charge in [0.1, 0.15) is 4.83 Å². The summed E-state index contributed by atoms with van der Waals surface area (Å²) in [4.78, 5) is 44.3. The molecule has 0 unspecified atom stereocenters. The standard InChI is InChI=1S/C23H26N4O3S/c1-16-4-6-17(7-5-16)18-14-31-22-21(18)23(30)27(15-25-22)13-9-19(28)24-10-8-20(29)26-11-2-3-12-26/h4-7,14-15H,2-3,8-13H2,1H3,(H,24,28). The molecule has 31 heavy (non-hydrogen) atoms. The van der Waals surface area contributed by atoms with E-state index in [1.807, 2.05) is 41.5 Å². The van der Waals surface area contributed by atoms with Gasteiger partial charge in [0.15, 0.2) is 0 Å². The lowest BCUT2D eigenvalue weighted by Gasteiger charge is -2.15. The lowest BCUT2D eigenvalue weighted by atomic mass is 10.1. The number of nitrogens with one attached hydrogen (secondary N) is 1. The van der Waals surface area contributed by atoms with Crippen molar-refractivity contribution >= 4 is 33.4 Å². The Morgan fingerprint density at radius 3 is 2.61 bits per heavy atom. The van der Waals surface area contributed by atoms with Gasteiger partial charge in [0, 0.05) is 50.0 Å². The van der Waals surface area contributed by atoms with Gasteiger partial charge in [0.05, 0.1) is 11.7 Å². The first-order valence-electron chi connectivity index (χ1n) is 10.6. The van der Waals surface area contributed by atoms with Gasteiger partial charge in [-0.3, -0.25) is 19.0 Å². The highest BCUT2D eigenvalue weighted by molar-refractivity contribution is 7.17. The average Bonchev–Trinajstić information content (AvgIpc) is 3.44. The lowest BCUT2D eigenvalue weighted by molar-refractivity contribution is -0.130. The van der Waals surface area contributed by atoms with Crippen molar-refractivity contribution in [3.8, 4) is 11.1 Å². The van der Waals surface area contributed by atoms with Crippen molar-refractivity contribution in [2.75, 3.05) is 19.6 Å². The molecular weight excluding hydrogens is 412 g/mol. The number of nitrogens with zero attached hydrogens (tertiary/aromatic N) is 3. The molecule has 4 rings (SSSR count). The van der Waals surface area contributed by atoms with Gasteiger partial charge in [-0.15, -0.1) is 11.3 Å². The number of carbonyl (C=O) groups excluding carboxylic acids is 2. The first-order valence-corrected chi connectivity index (χ1v) is 11.5. The maximum atomic E-state index is 13.1. The summed E-state index contributed by atoms with van der Waals surface area (Å²) in [6, 6.07) is 8.05. The van der Waals surface area contributed by atoms with Crippen molar-refractivity contribution in [1.29, 1.82) is 0 Å². The molecule has 1 aromatic carbocycles. The zero-order chi connectivity index (χ0) is 21.8. The molecule has 7 nitrogen and oxygen atoms in total. The number of aromatic nitrogens is 2. The summed E-state index contributed by atoms with van der Waals surface area (Å²) in [5.41, 5.74) is 2.87. The minimum absolute atomic E-state index is 0.0877. The predicted molar refractivity (Wildman–Crippen MR) is 122 cm³/mol. The van der Waals surface area contributed by atoms with Gasteiger partial charge in [-0.05, 0) is 25.3 Å². The van der Waals surface area contributed by atoms with E-state index in [4.69, 9.17) is 0 Å². The quantitative estimate of drug-likeness (QED) is 0.615. The van der Waals surface area contributed by atoms with Gasteiger partial charge in [-0.25, -0.2) is 4.98 Å². The van der Waals surface area contributed by atoms with Crippen molar-refractivity contribution < 1.29 is 9.59 Å². The Bertz CT molecular complexity index is 1140. The fourth-order valence-corrected chi connectivity index (χ4v) is 4.72. The molecule has 2 amide bonds. The lowest BCUT2D eigenvalue weighted by Crippen LogP contribution is -2.33. The molecule has 0 radical (unpaired) electrons. The van der Waals surface area contributed by atoms with Crippen molar-refractivity contribution in [1.82, 2.24) is 19.8 Å². The molecule has 0 bridgehead atoms. The number of hydrogen-bond donors (Lipinski definition) is 1. The van der Waals surface area contributed by atoms with Crippen LogP contribution in [0.3, 0.4) is 0 Å². The van der Waals surface area contributed by atoms with E-state index in [2.05, 4.69) is 10.3 Å². The Kier molecular flexibility index (Phi) is 6.46. The van der Waals surface area contributed by atoms with Crippen LogP contribution in [0.1, 0.15) is 31.2 Å². The number of aryl methyl sites for hydroxylation is 2. The van der Waals surface area contributed by atoms with E-state index in [1.54, 1.807) is 0 Å². The van der Waals surface area contributed by atoms with Gasteiger partial charge in [-0.2, -0.15) is 0 Å². The predicted octanol–water partition coefficient (Wildman–Crippen LogP) is 2.95. The van der Waals surface area contributed by atoms with Crippen LogP contribution >= 0.6 is 11.3 Å². The zero-order valence-corrected chi connectivity index (χ0v) is 18.4. The van der Waals surface area contributed by atoms with Gasteiger partial charge in [0.25, 0.3) is 5.56 Å². The van der Waals surface area contributed by atoms with Gasteiger partial charge in [0.2, 0.25) is 11.8 Å². The smallest absolute Gasteiger partial charge is 0.262 e. The molecule has 1 saturated heterocycles. The number of likely N-dealkylation sites (tertiary alicyclic amines) is 1. The fraction of sp³-hybridized carbons (Fsp3) is 0.391. The molecule has 1 aliphatic heterocycles. The second-order valence-corrected chi connectivity index (χ2v) is 8.73. The first-order chi connectivity index (χ1) is 15.0. The topological polar surface area (TPSA) is 84.3 Å². The fourth-order valence-electron chi connectivity index (χ4n) is 3.82. The molecule has 0 atom stereocenters. The van der Waals surface area contributed by atoms with E-state index in [1.165, 1.54) is 22.2 Å². The van der Waals surface area contributed by atoms with E-state index < -0.39 is 0 Å². The highest BCUT2D eigenvalue weighted by Gasteiger charge is 2.18. The number of thiophene rings is 1. The van der Waals surface area contributed by atoms with Gasteiger partial charge in [-0.1, -0.05) is 29.8 Å². The first kappa shape index (κ1) is 21.2. The minimum Gasteiger partial charge on any atom is -0.356 e. The maximum Gasteiger partial charge on any atom is 0.262 e. The van der Waals surface area contributed by atoms with E-state index in [9.17, 15) is 14.4 Å². The summed E-state index contributed by atoms with van der Waals surface area (Å²) in [6.07, 6.45) is 4.09. The molecule has 3 heterocycles. The normalized spacial score (nSPS) is 13.6. The number of fused-ring (bicyclic) bond motifs is 1. The number of amides is 2. The van der Waals surface area contributed by atoms with Crippen LogP contribution in [0, 0.1) is 6.92 Å². The highest BCUT2D eigenvalue weighted by Crippen LogP contribution is 2.30. The molecule has 1 fully saturated rings. The third kappa shape index (κ3) is 4.85. The summed E-state index contributed by atoms with van der Waals surface area (Å²) in [5.74, 6) is -0.0879. The van der Waals surface area contributed by atoms with E-state index in [0.29, 0.717) is 23.2 Å². The average molecular weight is 439 g/mol. The molecule has 0 spiro atoms. The summed E-state index contributed by atoms with van der Waals surface area (Å²) >= 11 is 1.44. The number of benzene rings is 1. The van der Waals surface area contributed by atoms with E-state index in [-0.39, 0.29) is 30.3 Å². The highest BCUT2D eigenvalue weighted by atomic mass is 32.1. The summed E-state index contributed by atoms with van der Waals surface area (Å²) in [5, 5.41) is 5.33. The Labute approximate surface area is 184 Å². The van der Waals surface area contributed by atoms with Gasteiger partial charge < -0.3 is 10.2 Å². The number of hydrogen-bond acceptors (Lipinski definition) is 5. The summed E-state index contributed by atoms with van der Waals surface area (Å²) < 4.78 is 1.49. The van der Waals surface area contributed by atoms with Crippen LogP contribution in [-0.4, -0.2) is 45.9 Å². The van der Waals surface area contributed by atoms with Crippen molar-refractivity contribution in [2.45, 2.75) is 39.2 Å². The Morgan fingerprint density at radius 2 is 1.87 bits per heavy atom. The Balaban J connectivity index is 1.38. The maximum absolute atomic E-state index is 13.1. The van der Waals surface area contributed by atoms with E-state index >= 15 is 0 Å². The Hall–Kier alpha value is -3.00. The van der Waals surface area contributed by atoms with E-state index in [0.717, 1.165) is 42.6 Å². The van der Waals surface area contributed by atoms with Crippen molar-refractivity contribution in [3.05, 3.63) is 51.9 Å². The van der Waals surface area contributed by atoms with Crippen LogP contribution in [0.2, 0.25) is 0 Å². The molecule has 8 heteroatoms. The molecular formula is C23H26N4O3S. The monoisotopic (exact) mass is 438 g/mol. The molecule has 2 aromatic heterocycles. The van der Waals surface area contributed by atoms with Crippen molar-refractivity contribution in [3.63, 3.8) is 0 Å². The van der Waals surface area contributed by atoms with Crippen LogP contribution in [0.5, 0.6) is 0 Å². The SMILES string of the molecule is Cc1ccc(-c2csc3ncn(CCC(=O)NCCC(=O)N4CCCC4)c(=O)c23)cc1. The largest absolute Gasteiger partial charge is 0.356 e. The van der Waals surface area contributed by atoms with Crippen LogP contribution in [0.4, 0.5) is 0 Å². The summed E-state index contributed by atoms with van der Waals surface area (Å²) in [7, 11) is 0. The molecule has 0 saturated carbocycles. The van der Waals surface area contributed by atoms with Crippen molar-refractivity contribution in [2.24, 2.45) is 0 Å².